The lowest BCUT2D eigenvalue weighted by molar-refractivity contribution is 0.256. The smallest absolute Gasteiger partial charge is 0.223 e. The molecule has 0 fully saturated rings. The molecular formula is C12H17N3O2S. The van der Waals surface area contributed by atoms with E-state index in [2.05, 4.69) is 24.0 Å². The van der Waals surface area contributed by atoms with Crippen molar-refractivity contribution in [3.05, 3.63) is 55.6 Å². The topological polar surface area (TPSA) is 61.4 Å². The van der Waals surface area contributed by atoms with Crippen molar-refractivity contribution >= 4 is 10.0 Å². The van der Waals surface area contributed by atoms with E-state index in [1.807, 2.05) is 0 Å². The second kappa shape index (κ2) is 7.07. The molecule has 0 heterocycles. The highest BCUT2D eigenvalue weighted by atomic mass is 32.2. The summed E-state index contributed by atoms with van der Waals surface area (Å²) in [5, 5.41) is 0. The van der Waals surface area contributed by atoms with Crippen LogP contribution < -0.4 is 10.9 Å². The van der Waals surface area contributed by atoms with Crippen molar-refractivity contribution in [1.82, 2.24) is 15.4 Å². The minimum Gasteiger partial charge on any atom is -0.223 e. The molecule has 0 saturated carbocycles. The average molecular weight is 267 g/mol. The molecule has 98 valence electrons. The second-order valence-corrected chi connectivity index (χ2v) is 5.17. The van der Waals surface area contributed by atoms with Crippen LogP contribution in [0.1, 0.15) is 0 Å². The Kier molecular flexibility index (Phi) is 5.73. The number of nitrogens with zero attached hydrogens (tertiary/aromatic N) is 1. The molecule has 1 rings (SSSR count). The van der Waals surface area contributed by atoms with Crippen LogP contribution >= 0.6 is 0 Å². The molecule has 18 heavy (non-hydrogen) atoms. The maximum Gasteiger partial charge on any atom is 0.269 e. The molecule has 1 aromatic rings. The minimum atomic E-state index is -3.63. The van der Waals surface area contributed by atoms with E-state index < -0.39 is 10.0 Å². The standard InChI is InChI=1S/C12H17N3O2S/c1-3-10-13-15(14-11-4-2)18(16,17)12-8-6-5-7-9-12/h3-9,13-14H,1-2,10-11H2. The second-order valence-electron chi connectivity index (χ2n) is 3.38. The molecule has 0 spiro atoms. The highest BCUT2D eigenvalue weighted by molar-refractivity contribution is 7.89. The van der Waals surface area contributed by atoms with Crippen LogP contribution in [0.4, 0.5) is 0 Å². The minimum absolute atomic E-state index is 0.207. The average Bonchev–Trinajstić information content (AvgIpc) is 2.39. The maximum absolute atomic E-state index is 12.3. The first-order valence-corrected chi connectivity index (χ1v) is 6.86. The number of sulfonamides is 1. The zero-order valence-corrected chi connectivity index (χ0v) is 10.9. The lowest BCUT2D eigenvalue weighted by Gasteiger charge is -2.22. The van der Waals surface area contributed by atoms with Crippen LogP contribution in [0.2, 0.25) is 0 Å². The molecule has 1 aromatic carbocycles. The van der Waals surface area contributed by atoms with Gasteiger partial charge in [0.1, 0.15) is 0 Å². The van der Waals surface area contributed by atoms with Gasteiger partial charge in [0.05, 0.1) is 4.90 Å². The van der Waals surface area contributed by atoms with Crippen molar-refractivity contribution in [1.29, 1.82) is 0 Å². The van der Waals surface area contributed by atoms with Gasteiger partial charge in [-0.1, -0.05) is 34.9 Å². The fraction of sp³-hybridized carbons (Fsp3) is 0.167. The number of hydrogen-bond acceptors (Lipinski definition) is 4. The molecule has 0 aliphatic rings. The van der Waals surface area contributed by atoms with Gasteiger partial charge in [-0.15, -0.1) is 13.2 Å². The van der Waals surface area contributed by atoms with Gasteiger partial charge >= 0.3 is 0 Å². The quantitative estimate of drug-likeness (QED) is 0.546. The first kappa shape index (κ1) is 14.6. The van der Waals surface area contributed by atoms with E-state index in [1.54, 1.807) is 30.4 Å². The fourth-order valence-electron chi connectivity index (χ4n) is 1.22. The Labute approximate surface area is 108 Å². The van der Waals surface area contributed by atoms with E-state index in [0.29, 0.717) is 13.1 Å². The predicted molar refractivity (Wildman–Crippen MR) is 71.9 cm³/mol. The van der Waals surface area contributed by atoms with Crippen LogP contribution in [0.5, 0.6) is 0 Å². The Morgan fingerprint density at radius 2 is 1.56 bits per heavy atom. The lowest BCUT2D eigenvalue weighted by atomic mass is 10.4. The van der Waals surface area contributed by atoms with Crippen molar-refractivity contribution in [3.8, 4) is 0 Å². The number of nitrogens with one attached hydrogen (secondary N) is 2. The van der Waals surface area contributed by atoms with Gasteiger partial charge < -0.3 is 0 Å². The summed E-state index contributed by atoms with van der Waals surface area (Å²) in [5.74, 6) is 0. The molecular weight excluding hydrogens is 250 g/mol. The Hall–Kier alpha value is -1.47. The van der Waals surface area contributed by atoms with Crippen molar-refractivity contribution < 1.29 is 8.42 Å². The van der Waals surface area contributed by atoms with Gasteiger partial charge in [0.25, 0.3) is 10.0 Å². The third kappa shape index (κ3) is 3.78. The van der Waals surface area contributed by atoms with Crippen LogP contribution in [0.15, 0.2) is 60.5 Å². The zero-order valence-electron chi connectivity index (χ0n) is 10.0. The number of benzene rings is 1. The Balaban J connectivity index is 2.95. The Morgan fingerprint density at radius 3 is 2.00 bits per heavy atom. The highest BCUT2D eigenvalue weighted by Gasteiger charge is 2.23. The van der Waals surface area contributed by atoms with E-state index >= 15 is 0 Å². The molecule has 0 amide bonds. The summed E-state index contributed by atoms with van der Waals surface area (Å²) >= 11 is 0. The van der Waals surface area contributed by atoms with Crippen molar-refractivity contribution in [3.63, 3.8) is 0 Å². The van der Waals surface area contributed by atoms with Crippen LogP contribution in [0.3, 0.4) is 0 Å². The van der Waals surface area contributed by atoms with E-state index in [-0.39, 0.29) is 4.90 Å². The van der Waals surface area contributed by atoms with Gasteiger partial charge in [-0.2, -0.15) is 0 Å². The zero-order chi connectivity index (χ0) is 13.4. The molecule has 0 aliphatic heterocycles. The van der Waals surface area contributed by atoms with E-state index in [0.717, 1.165) is 4.52 Å². The van der Waals surface area contributed by atoms with Gasteiger partial charge in [-0.25, -0.2) is 19.3 Å². The van der Waals surface area contributed by atoms with E-state index in [1.165, 1.54) is 12.1 Å². The first-order valence-electron chi connectivity index (χ1n) is 5.42. The normalized spacial score (nSPS) is 11.4. The van der Waals surface area contributed by atoms with E-state index in [9.17, 15) is 8.42 Å². The molecule has 5 nitrogen and oxygen atoms in total. The number of hydrazine groups is 2. The molecule has 0 bridgehead atoms. The molecule has 0 saturated heterocycles. The summed E-state index contributed by atoms with van der Waals surface area (Å²) in [6.45, 7) is 7.73. The third-order valence-electron chi connectivity index (χ3n) is 2.04. The largest absolute Gasteiger partial charge is 0.269 e. The molecule has 0 aromatic heterocycles. The molecule has 2 N–H and O–H groups in total. The maximum atomic E-state index is 12.3. The summed E-state index contributed by atoms with van der Waals surface area (Å²) in [7, 11) is -3.63. The first-order chi connectivity index (χ1) is 8.62. The fourth-order valence-corrected chi connectivity index (χ4v) is 2.42. The molecule has 0 radical (unpaired) electrons. The summed E-state index contributed by atoms with van der Waals surface area (Å²) < 4.78 is 25.5. The number of hydrogen-bond donors (Lipinski definition) is 2. The predicted octanol–water partition coefficient (Wildman–Crippen LogP) is 1.06. The summed E-state index contributed by atoms with van der Waals surface area (Å²) in [5.41, 5.74) is 5.42. The molecule has 6 heteroatoms. The van der Waals surface area contributed by atoms with Gasteiger partial charge in [0.2, 0.25) is 0 Å². The SMILES string of the molecule is C=CCNN(NCC=C)S(=O)(=O)c1ccccc1. The monoisotopic (exact) mass is 267 g/mol. The van der Waals surface area contributed by atoms with Crippen molar-refractivity contribution in [2.45, 2.75) is 4.90 Å². The van der Waals surface area contributed by atoms with Gasteiger partial charge in [0.15, 0.2) is 0 Å². The molecule has 0 aliphatic carbocycles. The number of rotatable bonds is 8. The van der Waals surface area contributed by atoms with Gasteiger partial charge in [0, 0.05) is 13.1 Å². The summed E-state index contributed by atoms with van der Waals surface area (Å²) in [6.07, 6.45) is 3.15. The summed E-state index contributed by atoms with van der Waals surface area (Å²) in [6, 6.07) is 8.18. The molecule has 0 unspecified atom stereocenters. The van der Waals surface area contributed by atoms with Crippen LogP contribution in [-0.2, 0) is 10.0 Å². The van der Waals surface area contributed by atoms with Crippen molar-refractivity contribution in [2.75, 3.05) is 13.1 Å². The van der Waals surface area contributed by atoms with Gasteiger partial charge in [-0.05, 0) is 12.1 Å². The van der Waals surface area contributed by atoms with Crippen LogP contribution in [0.25, 0.3) is 0 Å². The lowest BCUT2D eigenvalue weighted by Crippen LogP contribution is -2.51. The highest BCUT2D eigenvalue weighted by Crippen LogP contribution is 2.11. The van der Waals surface area contributed by atoms with Crippen LogP contribution in [-0.4, -0.2) is 26.0 Å². The Morgan fingerprint density at radius 1 is 1.06 bits per heavy atom. The Bertz CT molecular complexity index is 473. The van der Waals surface area contributed by atoms with Crippen LogP contribution in [0, 0.1) is 0 Å². The summed E-state index contributed by atoms with van der Waals surface area (Å²) in [4.78, 5) is 0.207. The third-order valence-corrected chi connectivity index (χ3v) is 3.65. The van der Waals surface area contributed by atoms with Crippen molar-refractivity contribution in [2.24, 2.45) is 0 Å². The van der Waals surface area contributed by atoms with Gasteiger partial charge in [-0.3, -0.25) is 0 Å². The molecule has 0 atom stereocenters. The van der Waals surface area contributed by atoms with E-state index in [4.69, 9.17) is 0 Å².